The number of nitrogen functional groups attached to an aromatic ring is 1. The third-order valence-electron chi connectivity index (χ3n) is 2.45. The van der Waals surface area contributed by atoms with Gasteiger partial charge in [-0.15, -0.1) is 0 Å². The van der Waals surface area contributed by atoms with Crippen LogP contribution in [0.2, 0.25) is 0 Å². The van der Waals surface area contributed by atoms with Crippen LogP contribution in [0.4, 0.5) is 5.69 Å². The number of hydrogen-bond donors (Lipinski definition) is 1. The minimum Gasteiger partial charge on any atom is -0.441 e. The number of oxazole rings is 1. The van der Waals surface area contributed by atoms with E-state index in [1.54, 1.807) is 0 Å². The Morgan fingerprint density at radius 1 is 1.33 bits per heavy atom. The van der Waals surface area contributed by atoms with Gasteiger partial charge in [0.15, 0.2) is 11.5 Å². The molecule has 0 aliphatic rings. The molecule has 80 valence electrons. The van der Waals surface area contributed by atoms with Crippen molar-refractivity contribution in [2.24, 2.45) is 0 Å². The highest BCUT2D eigenvalue weighted by atomic mass is 16.3. The van der Waals surface area contributed by atoms with E-state index in [0.29, 0.717) is 0 Å². The fourth-order valence-corrected chi connectivity index (χ4v) is 1.62. The van der Waals surface area contributed by atoms with Crippen molar-refractivity contribution in [3.8, 4) is 0 Å². The SMILES string of the molecule is CCCCCc1nc2ccc(N)cc2o1. The average molecular weight is 204 g/mol. The third-order valence-corrected chi connectivity index (χ3v) is 2.45. The number of benzene rings is 1. The highest BCUT2D eigenvalue weighted by Crippen LogP contribution is 2.19. The Morgan fingerprint density at radius 3 is 3.00 bits per heavy atom. The van der Waals surface area contributed by atoms with E-state index in [9.17, 15) is 0 Å². The molecule has 0 unspecified atom stereocenters. The topological polar surface area (TPSA) is 52.0 Å². The molecular weight excluding hydrogens is 188 g/mol. The van der Waals surface area contributed by atoms with Gasteiger partial charge in [-0.25, -0.2) is 4.98 Å². The Kier molecular flexibility index (Phi) is 2.90. The summed E-state index contributed by atoms with van der Waals surface area (Å²) in [7, 11) is 0. The fourth-order valence-electron chi connectivity index (χ4n) is 1.62. The summed E-state index contributed by atoms with van der Waals surface area (Å²) in [6, 6.07) is 5.57. The smallest absolute Gasteiger partial charge is 0.195 e. The van der Waals surface area contributed by atoms with Gasteiger partial charge in [0, 0.05) is 18.2 Å². The normalized spacial score (nSPS) is 11.0. The number of anilines is 1. The lowest BCUT2D eigenvalue weighted by atomic mass is 10.2. The van der Waals surface area contributed by atoms with E-state index < -0.39 is 0 Å². The highest BCUT2D eigenvalue weighted by molar-refractivity contribution is 5.76. The van der Waals surface area contributed by atoms with Crippen molar-refractivity contribution in [2.75, 3.05) is 5.73 Å². The van der Waals surface area contributed by atoms with Crippen molar-refractivity contribution in [2.45, 2.75) is 32.6 Å². The van der Waals surface area contributed by atoms with Crippen LogP contribution in [0.3, 0.4) is 0 Å². The molecule has 0 fully saturated rings. The summed E-state index contributed by atoms with van der Waals surface area (Å²) in [5, 5.41) is 0. The summed E-state index contributed by atoms with van der Waals surface area (Å²) in [5.41, 5.74) is 8.08. The molecule has 0 aliphatic carbocycles. The van der Waals surface area contributed by atoms with Crippen molar-refractivity contribution in [3.05, 3.63) is 24.1 Å². The van der Waals surface area contributed by atoms with Gasteiger partial charge >= 0.3 is 0 Å². The van der Waals surface area contributed by atoms with Crippen LogP contribution in [0, 0.1) is 0 Å². The summed E-state index contributed by atoms with van der Waals surface area (Å²) in [5.74, 6) is 0.823. The molecule has 0 saturated heterocycles. The third kappa shape index (κ3) is 2.29. The maximum Gasteiger partial charge on any atom is 0.195 e. The second-order valence-corrected chi connectivity index (χ2v) is 3.79. The largest absolute Gasteiger partial charge is 0.441 e. The average Bonchev–Trinajstić information content (AvgIpc) is 2.60. The Hall–Kier alpha value is -1.51. The predicted octanol–water partition coefficient (Wildman–Crippen LogP) is 3.14. The van der Waals surface area contributed by atoms with Gasteiger partial charge in [0.25, 0.3) is 0 Å². The van der Waals surface area contributed by atoms with Crippen molar-refractivity contribution in [1.29, 1.82) is 0 Å². The molecule has 1 aromatic heterocycles. The highest BCUT2D eigenvalue weighted by Gasteiger charge is 2.04. The number of aryl methyl sites for hydroxylation is 1. The molecule has 1 aromatic carbocycles. The second kappa shape index (κ2) is 4.34. The summed E-state index contributed by atoms with van der Waals surface area (Å²) in [6.45, 7) is 2.19. The van der Waals surface area contributed by atoms with Gasteiger partial charge < -0.3 is 10.2 Å². The number of rotatable bonds is 4. The van der Waals surface area contributed by atoms with Gasteiger partial charge in [0.2, 0.25) is 0 Å². The maximum atomic E-state index is 5.67. The molecule has 2 N–H and O–H groups in total. The zero-order valence-corrected chi connectivity index (χ0v) is 8.99. The summed E-state index contributed by atoms with van der Waals surface area (Å²) >= 11 is 0. The van der Waals surface area contributed by atoms with E-state index in [1.807, 2.05) is 18.2 Å². The molecule has 0 radical (unpaired) electrons. The molecule has 0 aliphatic heterocycles. The summed E-state index contributed by atoms with van der Waals surface area (Å²) in [6.07, 6.45) is 4.50. The standard InChI is InChI=1S/C12H16N2O/c1-2-3-4-5-12-14-10-7-6-9(13)8-11(10)15-12/h6-8H,2-5,13H2,1H3. The molecule has 0 amide bonds. The minimum absolute atomic E-state index is 0.721. The molecule has 3 heteroatoms. The first-order chi connectivity index (χ1) is 7.29. The van der Waals surface area contributed by atoms with Crippen LogP contribution in [0.15, 0.2) is 22.6 Å². The van der Waals surface area contributed by atoms with Crippen LogP contribution in [-0.2, 0) is 6.42 Å². The van der Waals surface area contributed by atoms with Crippen molar-refractivity contribution < 1.29 is 4.42 Å². The van der Waals surface area contributed by atoms with Gasteiger partial charge in [-0.2, -0.15) is 0 Å². The maximum absolute atomic E-state index is 5.67. The second-order valence-electron chi connectivity index (χ2n) is 3.79. The van der Waals surface area contributed by atoms with E-state index >= 15 is 0 Å². The fraction of sp³-hybridized carbons (Fsp3) is 0.417. The zero-order valence-electron chi connectivity index (χ0n) is 8.99. The van der Waals surface area contributed by atoms with Crippen LogP contribution < -0.4 is 5.73 Å². The number of unbranched alkanes of at least 4 members (excludes halogenated alkanes) is 2. The minimum atomic E-state index is 0.721. The van der Waals surface area contributed by atoms with Crippen LogP contribution in [0.25, 0.3) is 11.1 Å². The molecule has 0 saturated carbocycles. The van der Waals surface area contributed by atoms with Gasteiger partial charge in [-0.05, 0) is 18.6 Å². The van der Waals surface area contributed by atoms with E-state index in [-0.39, 0.29) is 0 Å². The van der Waals surface area contributed by atoms with E-state index in [0.717, 1.165) is 35.5 Å². The quantitative estimate of drug-likeness (QED) is 0.614. The van der Waals surface area contributed by atoms with E-state index in [1.165, 1.54) is 12.8 Å². The van der Waals surface area contributed by atoms with Crippen molar-refractivity contribution in [1.82, 2.24) is 4.98 Å². The van der Waals surface area contributed by atoms with E-state index in [2.05, 4.69) is 11.9 Å². The molecule has 0 spiro atoms. The van der Waals surface area contributed by atoms with Crippen LogP contribution in [0.1, 0.15) is 32.1 Å². The summed E-state index contributed by atoms with van der Waals surface area (Å²) < 4.78 is 5.60. The van der Waals surface area contributed by atoms with Crippen molar-refractivity contribution in [3.63, 3.8) is 0 Å². The lowest BCUT2D eigenvalue weighted by Crippen LogP contribution is -1.84. The van der Waals surface area contributed by atoms with Crippen molar-refractivity contribution >= 4 is 16.8 Å². The molecule has 3 nitrogen and oxygen atoms in total. The van der Waals surface area contributed by atoms with Crippen LogP contribution in [0.5, 0.6) is 0 Å². The monoisotopic (exact) mass is 204 g/mol. The van der Waals surface area contributed by atoms with Gasteiger partial charge in [0.1, 0.15) is 5.52 Å². The number of hydrogen-bond acceptors (Lipinski definition) is 3. The molecule has 2 rings (SSSR count). The molecule has 1 heterocycles. The number of aromatic nitrogens is 1. The van der Waals surface area contributed by atoms with Crippen LogP contribution >= 0.6 is 0 Å². The van der Waals surface area contributed by atoms with Gasteiger partial charge in [-0.3, -0.25) is 0 Å². The molecule has 0 bridgehead atoms. The van der Waals surface area contributed by atoms with Gasteiger partial charge in [-0.1, -0.05) is 19.8 Å². The number of nitrogens with two attached hydrogens (primary N) is 1. The lowest BCUT2D eigenvalue weighted by molar-refractivity contribution is 0.513. The van der Waals surface area contributed by atoms with Gasteiger partial charge in [0.05, 0.1) is 0 Å². The first-order valence-electron chi connectivity index (χ1n) is 5.44. The molecule has 15 heavy (non-hydrogen) atoms. The lowest BCUT2D eigenvalue weighted by Gasteiger charge is -1.92. The van der Waals surface area contributed by atoms with Crippen LogP contribution in [-0.4, -0.2) is 4.98 Å². The Bertz CT molecular complexity index is 448. The Morgan fingerprint density at radius 2 is 2.20 bits per heavy atom. The number of fused-ring (bicyclic) bond motifs is 1. The Balaban J connectivity index is 2.16. The summed E-state index contributed by atoms with van der Waals surface area (Å²) in [4.78, 5) is 4.40. The first kappa shape index (κ1) is 10.0. The molecular formula is C12H16N2O. The Labute approximate surface area is 89.3 Å². The predicted molar refractivity (Wildman–Crippen MR) is 61.7 cm³/mol. The first-order valence-corrected chi connectivity index (χ1v) is 5.44. The molecule has 0 atom stereocenters. The number of nitrogens with zero attached hydrogens (tertiary/aromatic N) is 1. The zero-order chi connectivity index (χ0) is 10.7. The van der Waals surface area contributed by atoms with E-state index in [4.69, 9.17) is 10.2 Å². The molecule has 2 aromatic rings.